The summed E-state index contributed by atoms with van der Waals surface area (Å²) in [5.41, 5.74) is 3.20. The molecule has 150 valence electrons. The Labute approximate surface area is 170 Å². The number of nitrogens with zero attached hydrogens (tertiary/aromatic N) is 2. The minimum absolute atomic E-state index is 0.294. The fraction of sp³-hybridized carbons (Fsp3) is 0.304. The van der Waals surface area contributed by atoms with Gasteiger partial charge in [-0.2, -0.15) is 0 Å². The molecule has 0 saturated carbocycles. The van der Waals surface area contributed by atoms with E-state index < -0.39 is 11.8 Å². The summed E-state index contributed by atoms with van der Waals surface area (Å²) in [6.45, 7) is 5.08. The van der Waals surface area contributed by atoms with Crippen LogP contribution in [0, 0.1) is 0 Å². The quantitative estimate of drug-likeness (QED) is 0.756. The zero-order valence-corrected chi connectivity index (χ0v) is 16.7. The number of rotatable bonds is 7. The van der Waals surface area contributed by atoms with Gasteiger partial charge in [0, 0.05) is 24.2 Å². The van der Waals surface area contributed by atoms with E-state index in [1.807, 2.05) is 74.5 Å². The predicted octanol–water partition coefficient (Wildman–Crippen LogP) is 4.51. The summed E-state index contributed by atoms with van der Waals surface area (Å²) in [4.78, 5) is 32.4. The summed E-state index contributed by atoms with van der Waals surface area (Å²) in [5, 5.41) is 3.92. The van der Waals surface area contributed by atoms with Crippen molar-refractivity contribution in [1.29, 1.82) is 0 Å². The van der Waals surface area contributed by atoms with Gasteiger partial charge >= 0.3 is 12.1 Å². The maximum absolute atomic E-state index is 12.9. The van der Waals surface area contributed by atoms with Crippen molar-refractivity contribution in [2.75, 3.05) is 13.1 Å². The van der Waals surface area contributed by atoms with Crippen molar-refractivity contribution in [1.82, 2.24) is 15.3 Å². The highest BCUT2D eigenvalue weighted by molar-refractivity contribution is 6.23. The third kappa shape index (κ3) is 2.95. The van der Waals surface area contributed by atoms with E-state index in [9.17, 15) is 9.59 Å². The van der Waals surface area contributed by atoms with Crippen LogP contribution in [0.25, 0.3) is 11.1 Å². The number of benzene rings is 2. The van der Waals surface area contributed by atoms with E-state index in [0.29, 0.717) is 13.1 Å². The van der Waals surface area contributed by atoms with Gasteiger partial charge in [-0.1, -0.05) is 74.5 Å². The van der Waals surface area contributed by atoms with Gasteiger partial charge in [0.1, 0.15) is 0 Å². The first kappa shape index (κ1) is 19.1. The molecule has 1 saturated heterocycles. The molecule has 2 aromatic carbocycles. The molecular weight excluding hydrogens is 366 g/mol. The van der Waals surface area contributed by atoms with Crippen molar-refractivity contribution in [3.05, 3.63) is 71.8 Å². The molecule has 0 bridgehead atoms. The van der Waals surface area contributed by atoms with Gasteiger partial charge < -0.3 is 10.2 Å². The highest BCUT2D eigenvalue weighted by atomic mass is 16.7. The first-order chi connectivity index (χ1) is 14.2. The molecule has 1 heterocycles. The molecule has 1 aliphatic heterocycles. The predicted molar refractivity (Wildman–Crippen MR) is 111 cm³/mol. The van der Waals surface area contributed by atoms with Crippen LogP contribution in [-0.2, 0) is 4.84 Å². The van der Waals surface area contributed by atoms with Crippen LogP contribution in [0.5, 0.6) is 0 Å². The lowest BCUT2D eigenvalue weighted by Gasteiger charge is -2.50. The van der Waals surface area contributed by atoms with Crippen molar-refractivity contribution < 1.29 is 14.4 Å². The Morgan fingerprint density at radius 1 is 0.931 bits per heavy atom. The van der Waals surface area contributed by atoms with Crippen LogP contribution >= 0.6 is 0 Å². The van der Waals surface area contributed by atoms with Crippen molar-refractivity contribution >= 4 is 23.3 Å². The van der Waals surface area contributed by atoms with E-state index in [1.54, 1.807) is 4.90 Å². The summed E-state index contributed by atoms with van der Waals surface area (Å²) < 4.78 is 0. The Morgan fingerprint density at radius 2 is 1.48 bits per heavy atom. The van der Waals surface area contributed by atoms with E-state index in [2.05, 4.69) is 5.32 Å². The highest BCUT2D eigenvalue weighted by Crippen LogP contribution is 2.66. The average molecular weight is 391 g/mol. The first-order valence-corrected chi connectivity index (χ1v) is 10.1. The third-order valence-corrected chi connectivity index (χ3v) is 5.24. The van der Waals surface area contributed by atoms with Crippen LogP contribution in [0.3, 0.4) is 0 Å². The zero-order chi connectivity index (χ0) is 20.4. The van der Waals surface area contributed by atoms with Gasteiger partial charge in [-0.25, -0.2) is 9.59 Å². The lowest BCUT2D eigenvalue weighted by atomic mass is 10.0. The smallest absolute Gasteiger partial charge is 0.320 e. The number of carbonyl (C=O) groups is 2. The minimum atomic E-state index is -0.834. The standard InChI is InChI=1S/C23H25N3O3/c1-3-15-24-21(27)29-26-22(28)25(16-4-2)23(26)19(17-11-7-5-8-12-17)20(23)18-13-9-6-10-14-18/h5-14H,3-4,15-16H2,1-2H3,(H,24,27). The molecule has 2 aliphatic rings. The molecule has 2 aromatic rings. The summed E-state index contributed by atoms with van der Waals surface area (Å²) in [6, 6.07) is 19.6. The summed E-state index contributed by atoms with van der Waals surface area (Å²) in [7, 11) is 0. The van der Waals surface area contributed by atoms with Crippen LogP contribution < -0.4 is 5.32 Å². The largest absolute Gasteiger partial charge is 0.431 e. The number of urea groups is 1. The van der Waals surface area contributed by atoms with E-state index in [0.717, 1.165) is 35.1 Å². The normalized spacial score (nSPS) is 16.7. The number of hydroxylamine groups is 2. The number of nitrogens with one attached hydrogen (secondary N) is 1. The maximum atomic E-state index is 12.9. The molecular formula is C23H25N3O3. The second kappa shape index (κ2) is 7.62. The van der Waals surface area contributed by atoms with Crippen molar-refractivity contribution in [3.63, 3.8) is 0 Å². The molecule has 0 radical (unpaired) electrons. The average Bonchev–Trinajstić information content (AvgIpc) is 3.48. The molecule has 0 aromatic heterocycles. The second-order valence-electron chi connectivity index (χ2n) is 7.19. The fourth-order valence-corrected chi connectivity index (χ4v) is 4.02. The maximum Gasteiger partial charge on any atom is 0.431 e. The molecule has 6 heteroatoms. The first-order valence-electron chi connectivity index (χ1n) is 10.1. The fourth-order valence-electron chi connectivity index (χ4n) is 4.02. The van der Waals surface area contributed by atoms with Crippen molar-refractivity contribution in [2.24, 2.45) is 0 Å². The Bertz CT molecular complexity index is 891. The molecule has 1 fully saturated rings. The van der Waals surface area contributed by atoms with Gasteiger partial charge in [0.25, 0.3) is 0 Å². The summed E-state index contributed by atoms with van der Waals surface area (Å²) >= 11 is 0. The van der Waals surface area contributed by atoms with E-state index in [-0.39, 0.29) is 6.03 Å². The van der Waals surface area contributed by atoms with Crippen LogP contribution in [0.15, 0.2) is 60.7 Å². The minimum Gasteiger partial charge on any atom is -0.320 e. The van der Waals surface area contributed by atoms with Crippen LogP contribution in [0.1, 0.15) is 37.8 Å². The van der Waals surface area contributed by atoms with Crippen molar-refractivity contribution in [2.45, 2.75) is 32.4 Å². The van der Waals surface area contributed by atoms with Gasteiger partial charge in [0.2, 0.25) is 5.66 Å². The van der Waals surface area contributed by atoms with Gasteiger partial charge in [0.15, 0.2) is 0 Å². The van der Waals surface area contributed by atoms with Gasteiger partial charge in [0.05, 0.1) is 0 Å². The van der Waals surface area contributed by atoms with Gasteiger partial charge in [-0.05, 0) is 24.0 Å². The molecule has 3 amide bonds. The number of hydrogen-bond donors (Lipinski definition) is 1. The highest BCUT2D eigenvalue weighted by Gasteiger charge is 2.74. The molecule has 1 N–H and O–H groups in total. The molecule has 0 atom stereocenters. The van der Waals surface area contributed by atoms with E-state index >= 15 is 0 Å². The van der Waals surface area contributed by atoms with Crippen molar-refractivity contribution in [3.8, 4) is 0 Å². The molecule has 29 heavy (non-hydrogen) atoms. The summed E-state index contributed by atoms with van der Waals surface area (Å²) in [5.74, 6) is 0. The monoisotopic (exact) mass is 391 g/mol. The third-order valence-electron chi connectivity index (χ3n) is 5.24. The molecule has 1 spiro atoms. The SMILES string of the molecule is CCCNC(=O)ON1C(=O)N(CCC)C12C(c1ccccc1)=C2c1ccccc1. The zero-order valence-electron chi connectivity index (χ0n) is 16.7. The number of amides is 3. The molecule has 6 nitrogen and oxygen atoms in total. The van der Waals surface area contributed by atoms with Crippen LogP contribution in [0.2, 0.25) is 0 Å². The van der Waals surface area contributed by atoms with Crippen LogP contribution in [-0.4, -0.2) is 40.8 Å². The summed E-state index contributed by atoms with van der Waals surface area (Å²) in [6.07, 6.45) is 0.995. The lowest BCUT2D eigenvalue weighted by Crippen LogP contribution is -2.72. The Hall–Kier alpha value is -3.28. The molecule has 0 unspecified atom stereocenters. The second-order valence-corrected chi connectivity index (χ2v) is 7.19. The Balaban J connectivity index is 1.74. The van der Waals surface area contributed by atoms with Gasteiger partial charge in [-0.15, -0.1) is 5.06 Å². The van der Waals surface area contributed by atoms with E-state index in [1.165, 1.54) is 5.06 Å². The Kier molecular flexibility index (Phi) is 5.01. The van der Waals surface area contributed by atoms with E-state index in [4.69, 9.17) is 4.84 Å². The molecule has 1 aliphatic carbocycles. The lowest BCUT2D eigenvalue weighted by molar-refractivity contribution is -0.183. The van der Waals surface area contributed by atoms with Gasteiger partial charge in [-0.3, -0.25) is 4.90 Å². The Morgan fingerprint density at radius 3 is 1.97 bits per heavy atom. The van der Waals surface area contributed by atoms with Crippen LogP contribution in [0.4, 0.5) is 9.59 Å². The topological polar surface area (TPSA) is 61.9 Å². The number of hydrogen-bond acceptors (Lipinski definition) is 3. The molecule has 4 rings (SSSR count). The number of carbonyl (C=O) groups excluding carboxylic acids is 2.